The monoisotopic (exact) mass is 845 g/mol. The van der Waals surface area contributed by atoms with Gasteiger partial charge in [-0.3, -0.25) is 19.2 Å². The van der Waals surface area contributed by atoms with Gasteiger partial charge in [0, 0.05) is 49.4 Å². The van der Waals surface area contributed by atoms with Crippen molar-refractivity contribution in [3.05, 3.63) is 76.9 Å². The molecule has 2 bridgehead atoms. The number of amides is 2. The van der Waals surface area contributed by atoms with Crippen LogP contribution in [0.4, 0.5) is 0 Å². The molecule has 3 N–H and O–H groups in total. The second-order valence-corrected chi connectivity index (χ2v) is 17.6. The Bertz CT molecular complexity index is 1960. The molecule has 7 atom stereocenters. The maximum absolute atomic E-state index is 14.9. The molecule has 5 fully saturated rings. The van der Waals surface area contributed by atoms with Crippen LogP contribution in [0.5, 0.6) is 0 Å². The second-order valence-electron chi connectivity index (χ2n) is 17.6. The molecular weight excluding hydrogens is 787 g/mol. The van der Waals surface area contributed by atoms with Gasteiger partial charge in [0.25, 0.3) is 5.91 Å². The third-order valence-electron chi connectivity index (χ3n) is 12.5. The van der Waals surface area contributed by atoms with E-state index in [1.807, 2.05) is 12.1 Å². The van der Waals surface area contributed by atoms with E-state index in [2.05, 4.69) is 24.5 Å². The number of ether oxygens (including phenoxy) is 5. The Balaban J connectivity index is 1.13. The number of unbranched alkanes of at least 4 members (excludes halogenated alkanes) is 4. The molecule has 7 rings (SSSR count). The lowest BCUT2D eigenvalue weighted by atomic mass is 9.62. The van der Waals surface area contributed by atoms with Gasteiger partial charge in [0.05, 0.1) is 13.2 Å². The van der Waals surface area contributed by atoms with Crippen molar-refractivity contribution in [2.75, 3.05) is 19.8 Å². The van der Waals surface area contributed by atoms with Crippen LogP contribution in [-0.4, -0.2) is 102 Å². The number of cyclic esters (lactones) is 1. The molecule has 1 aliphatic carbocycles. The Morgan fingerprint density at radius 1 is 0.918 bits per heavy atom. The molecule has 0 radical (unpaired) electrons. The number of nitrogens with zero attached hydrogens (tertiary/aromatic N) is 1. The van der Waals surface area contributed by atoms with Gasteiger partial charge in [0.15, 0.2) is 11.8 Å². The number of esters is 3. The molecule has 4 saturated heterocycles. The zero-order valence-corrected chi connectivity index (χ0v) is 35.5. The minimum absolute atomic E-state index is 0.0787. The van der Waals surface area contributed by atoms with Gasteiger partial charge in [0.2, 0.25) is 12.0 Å². The quantitative estimate of drug-likeness (QED) is 0.0767. The number of fused-ring (bicyclic) bond motifs is 4. The van der Waals surface area contributed by atoms with Gasteiger partial charge in [-0.25, -0.2) is 9.59 Å². The number of rotatable bonds is 19. The summed E-state index contributed by atoms with van der Waals surface area (Å²) in [4.78, 5) is 73.2. The molecule has 4 heterocycles. The number of hydroxylamine groups is 2. The summed E-state index contributed by atoms with van der Waals surface area (Å²) in [6.45, 7) is 8.19. The molecule has 0 aromatic heterocycles. The number of aliphatic hydroxyl groups excluding tert-OH is 1. The third-order valence-corrected chi connectivity index (χ3v) is 12.5. The summed E-state index contributed by atoms with van der Waals surface area (Å²) in [5.41, 5.74) is 0.497. The van der Waals surface area contributed by atoms with Crippen LogP contribution in [0.3, 0.4) is 0 Å². The number of hydrogen-bond acceptors (Lipinski definition) is 13. The highest BCUT2D eigenvalue weighted by molar-refractivity contribution is 5.95. The number of aliphatic hydroxyl groups is 1. The summed E-state index contributed by atoms with van der Waals surface area (Å²) in [5, 5.41) is 16.4. The number of benzene rings is 2. The van der Waals surface area contributed by atoms with E-state index in [0.717, 1.165) is 44.1 Å². The minimum Gasteiger partial charge on any atom is -0.462 e. The molecular formula is C46H59N3O12. The fourth-order valence-electron chi connectivity index (χ4n) is 9.31. The molecule has 2 aromatic carbocycles. The number of hydrogen-bond donors (Lipinski definition) is 3. The van der Waals surface area contributed by atoms with Gasteiger partial charge in [-0.05, 0) is 47.7 Å². The molecule has 61 heavy (non-hydrogen) atoms. The van der Waals surface area contributed by atoms with Crippen LogP contribution in [0.25, 0.3) is 6.08 Å². The predicted octanol–water partition coefficient (Wildman–Crippen LogP) is 4.67. The van der Waals surface area contributed by atoms with E-state index < -0.39 is 71.1 Å². The van der Waals surface area contributed by atoms with Crippen molar-refractivity contribution in [1.29, 1.82) is 0 Å². The van der Waals surface area contributed by atoms with Crippen LogP contribution < -0.4 is 10.6 Å². The summed E-state index contributed by atoms with van der Waals surface area (Å²) in [6.07, 6.45) is 6.30. The van der Waals surface area contributed by atoms with Crippen molar-refractivity contribution in [3.8, 4) is 0 Å². The molecule has 15 heteroatoms. The summed E-state index contributed by atoms with van der Waals surface area (Å²) >= 11 is 0. The average molecular weight is 846 g/mol. The third kappa shape index (κ3) is 9.26. The minimum atomic E-state index is -1.40. The Morgan fingerprint density at radius 3 is 2.31 bits per heavy atom. The fourth-order valence-corrected chi connectivity index (χ4v) is 9.31. The van der Waals surface area contributed by atoms with Crippen molar-refractivity contribution >= 4 is 35.8 Å². The second kappa shape index (κ2) is 18.7. The van der Waals surface area contributed by atoms with Crippen molar-refractivity contribution in [1.82, 2.24) is 15.7 Å². The predicted molar refractivity (Wildman–Crippen MR) is 220 cm³/mol. The zero-order chi connectivity index (χ0) is 43.4. The van der Waals surface area contributed by atoms with E-state index in [-0.39, 0.29) is 51.1 Å². The van der Waals surface area contributed by atoms with Gasteiger partial charge in [0.1, 0.15) is 36.4 Å². The van der Waals surface area contributed by atoms with E-state index >= 15 is 0 Å². The first-order valence-corrected chi connectivity index (χ1v) is 21.7. The first kappa shape index (κ1) is 44.4. The van der Waals surface area contributed by atoms with Crippen LogP contribution in [0.1, 0.15) is 113 Å². The van der Waals surface area contributed by atoms with Crippen LogP contribution in [0.15, 0.2) is 54.6 Å². The largest absolute Gasteiger partial charge is 0.462 e. The van der Waals surface area contributed by atoms with Gasteiger partial charge in [-0.2, -0.15) is 5.06 Å². The molecule has 2 aromatic rings. The van der Waals surface area contributed by atoms with Crippen molar-refractivity contribution < 1.29 is 57.6 Å². The van der Waals surface area contributed by atoms with E-state index in [1.165, 1.54) is 6.08 Å². The summed E-state index contributed by atoms with van der Waals surface area (Å²) in [5.74, 6) is -3.46. The first-order valence-electron chi connectivity index (χ1n) is 21.7. The number of carbonyl (C=O) groups is 5. The van der Waals surface area contributed by atoms with E-state index in [0.29, 0.717) is 29.5 Å². The van der Waals surface area contributed by atoms with Gasteiger partial charge in [-0.15, -0.1) is 0 Å². The highest BCUT2D eigenvalue weighted by atomic mass is 16.8. The van der Waals surface area contributed by atoms with Crippen molar-refractivity contribution in [3.63, 3.8) is 0 Å². The standard InChI is InChI=1S/C46H59N3O12/c1-5-7-9-20-45(21-10-8-6-2)59-35-33-25-46(43(55)48-26-31-12-11-13-32(24-31)40(52)47-22-23-50)37(41(53)57-33)49(61-38(46)36(35)60-45)27-30-16-14-29(15-17-30)18-19-34(51)58-39-42(54)56-28-44(39,3)4/h11-19,24,33,35-39,50H,5-10,20-23,25-28H2,1-4H3,(H,47,52)(H,48,55)/t33?,35-,36-,37-,38+,39-,46?/m0/s1. The van der Waals surface area contributed by atoms with Gasteiger partial charge < -0.3 is 39.4 Å². The molecule has 2 amide bonds. The molecule has 1 saturated carbocycles. The Hall–Kier alpha value is -4.67. The van der Waals surface area contributed by atoms with Crippen LogP contribution >= 0.6 is 0 Å². The normalized spacial score (nSPS) is 28.3. The van der Waals surface area contributed by atoms with Crippen LogP contribution in [0.2, 0.25) is 0 Å². The summed E-state index contributed by atoms with van der Waals surface area (Å²) in [6, 6.07) is 13.0. The molecule has 4 aliphatic heterocycles. The van der Waals surface area contributed by atoms with E-state index in [4.69, 9.17) is 33.6 Å². The topological polar surface area (TPSA) is 188 Å². The molecule has 15 nitrogen and oxygen atoms in total. The van der Waals surface area contributed by atoms with E-state index in [9.17, 15) is 24.0 Å². The summed E-state index contributed by atoms with van der Waals surface area (Å²) in [7, 11) is 0. The molecule has 0 spiro atoms. The maximum atomic E-state index is 14.9. The molecule has 2 unspecified atom stereocenters. The van der Waals surface area contributed by atoms with Gasteiger partial charge >= 0.3 is 17.9 Å². The van der Waals surface area contributed by atoms with Crippen LogP contribution in [0, 0.1) is 10.8 Å². The lowest BCUT2D eigenvalue weighted by Crippen LogP contribution is -2.69. The lowest BCUT2D eigenvalue weighted by Gasteiger charge is -2.48. The number of carbonyl (C=O) groups excluding carboxylic acids is 5. The molecule has 5 aliphatic rings. The first-order chi connectivity index (χ1) is 29.3. The SMILES string of the molecule is CCCCCC1(CCCCC)O[C@@H]2[C@H]3ON(Cc4ccc(C=CC(=O)O[C@H]5C(=O)OCC5(C)C)cc4)[C@H]4C(=O)OC(CC34C(=O)NCc3cccc(C(=O)NCCO)c3)[C@@H]2O1. The Morgan fingerprint density at radius 2 is 1.64 bits per heavy atom. The summed E-state index contributed by atoms with van der Waals surface area (Å²) < 4.78 is 30.5. The Kier molecular flexibility index (Phi) is 13.6. The fraction of sp³-hybridized carbons (Fsp3) is 0.587. The smallest absolute Gasteiger partial charge is 0.348 e. The van der Waals surface area contributed by atoms with E-state index in [1.54, 1.807) is 61.4 Å². The average Bonchev–Trinajstić information content (AvgIpc) is 3.89. The highest BCUT2D eigenvalue weighted by Gasteiger charge is 2.76. The highest BCUT2D eigenvalue weighted by Crippen LogP contribution is 2.58. The van der Waals surface area contributed by atoms with Crippen molar-refractivity contribution in [2.45, 2.75) is 141 Å². The molecule has 330 valence electrons. The lowest BCUT2D eigenvalue weighted by molar-refractivity contribution is -0.224. The number of nitrogens with one attached hydrogen (secondary N) is 2. The van der Waals surface area contributed by atoms with Gasteiger partial charge in [-0.1, -0.05) is 89.8 Å². The zero-order valence-electron chi connectivity index (χ0n) is 35.5. The van der Waals surface area contributed by atoms with Crippen molar-refractivity contribution in [2.24, 2.45) is 10.8 Å². The van der Waals surface area contributed by atoms with Crippen LogP contribution in [-0.2, 0) is 60.8 Å². The maximum Gasteiger partial charge on any atom is 0.348 e. The Labute approximate surface area is 356 Å².